The molecule has 2 aromatic carbocycles. The van der Waals surface area contributed by atoms with Crippen LogP contribution in [0.25, 0.3) is 0 Å². The van der Waals surface area contributed by atoms with Crippen molar-refractivity contribution in [1.82, 2.24) is 9.78 Å². The van der Waals surface area contributed by atoms with Gasteiger partial charge in [-0.1, -0.05) is 54.1 Å². The number of aryl methyl sites for hydroxylation is 2. The second-order valence-electron chi connectivity index (χ2n) is 6.39. The van der Waals surface area contributed by atoms with Gasteiger partial charge in [-0.05, 0) is 37.1 Å². The lowest BCUT2D eigenvalue weighted by molar-refractivity contribution is -0.119. The second-order valence-corrected chi connectivity index (χ2v) is 6.75. The Kier molecular flexibility index (Phi) is 6.11. The molecule has 0 atom stereocenters. The minimum Gasteiger partial charge on any atom is -0.452 e. The summed E-state index contributed by atoms with van der Waals surface area (Å²) in [6, 6.07) is 17.0. The lowest BCUT2D eigenvalue weighted by atomic mass is 10.2. The predicted molar refractivity (Wildman–Crippen MR) is 108 cm³/mol. The molecule has 0 bridgehead atoms. The first kappa shape index (κ1) is 19.6. The van der Waals surface area contributed by atoms with Crippen molar-refractivity contribution in [3.63, 3.8) is 0 Å². The van der Waals surface area contributed by atoms with Crippen molar-refractivity contribution in [1.29, 1.82) is 0 Å². The van der Waals surface area contributed by atoms with Gasteiger partial charge in [0.05, 0.1) is 12.2 Å². The fraction of sp³-hybridized carbons (Fsp3) is 0.190. The van der Waals surface area contributed by atoms with Gasteiger partial charge in [0.25, 0.3) is 5.91 Å². The first-order valence-corrected chi connectivity index (χ1v) is 9.12. The number of anilines is 1. The van der Waals surface area contributed by atoms with Crippen LogP contribution >= 0.6 is 11.6 Å². The monoisotopic (exact) mass is 397 g/mol. The van der Waals surface area contributed by atoms with E-state index in [2.05, 4.69) is 10.4 Å². The first-order valence-electron chi connectivity index (χ1n) is 8.74. The Morgan fingerprint density at radius 3 is 2.57 bits per heavy atom. The number of amides is 1. The van der Waals surface area contributed by atoms with Crippen molar-refractivity contribution in [2.24, 2.45) is 0 Å². The first-order chi connectivity index (χ1) is 13.4. The maximum Gasteiger partial charge on any atom is 0.343 e. The molecule has 6 nitrogen and oxygen atoms in total. The summed E-state index contributed by atoms with van der Waals surface area (Å²) in [4.78, 5) is 24.5. The van der Waals surface area contributed by atoms with Crippen LogP contribution in [0.1, 0.15) is 27.2 Å². The van der Waals surface area contributed by atoms with E-state index in [1.165, 1.54) is 4.68 Å². The zero-order valence-electron chi connectivity index (χ0n) is 15.6. The summed E-state index contributed by atoms with van der Waals surface area (Å²) < 4.78 is 6.67. The highest BCUT2D eigenvalue weighted by molar-refractivity contribution is 6.32. The van der Waals surface area contributed by atoms with Crippen LogP contribution in [0.4, 0.5) is 5.69 Å². The van der Waals surface area contributed by atoms with Gasteiger partial charge >= 0.3 is 5.97 Å². The molecular weight excluding hydrogens is 378 g/mol. The standard InChI is InChI=1S/C21H20ClN3O3/c1-14-7-6-10-17(11-14)23-18(26)13-28-21(27)19-15(2)24-25(20(19)22)12-16-8-4-3-5-9-16/h3-11H,12-13H2,1-2H3,(H,23,26). The largest absolute Gasteiger partial charge is 0.452 e. The molecule has 1 heterocycles. The third kappa shape index (κ3) is 4.78. The van der Waals surface area contributed by atoms with E-state index >= 15 is 0 Å². The Morgan fingerprint density at radius 1 is 1.11 bits per heavy atom. The quantitative estimate of drug-likeness (QED) is 0.638. The highest BCUT2D eigenvalue weighted by atomic mass is 35.5. The molecule has 0 fully saturated rings. The fourth-order valence-electron chi connectivity index (χ4n) is 2.77. The molecule has 0 spiro atoms. The number of carbonyl (C=O) groups excluding carboxylic acids is 2. The number of benzene rings is 2. The molecule has 1 N–H and O–H groups in total. The number of esters is 1. The van der Waals surface area contributed by atoms with Gasteiger partial charge in [0.2, 0.25) is 0 Å². The smallest absolute Gasteiger partial charge is 0.343 e. The second kappa shape index (κ2) is 8.71. The van der Waals surface area contributed by atoms with Gasteiger partial charge in [-0.15, -0.1) is 0 Å². The van der Waals surface area contributed by atoms with Gasteiger partial charge in [-0.2, -0.15) is 5.10 Å². The number of rotatable bonds is 6. The van der Waals surface area contributed by atoms with Crippen molar-refractivity contribution in [3.8, 4) is 0 Å². The summed E-state index contributed by atoms with van der Waals surface area (Å²) in [5, 5.41) is 7.19. The summed E-state index contributed by atoms with van der Waals surface area (Å²) in [5.74, 6) is -1.11. The van der Waals surface area contributed by atoms with Crippen LogP contribution in [0.15, 0.2) is 54.6 Å². The summed E-state index contributed by atoms with van der Waals surface area (Å²) in [5.41, 5.74) is 3.28. The number of halogens is 1. The zero-order chi connectivity index (χ0) is 20.1. The lowest BCUT2D eigenvalue weighted by Gasteiger charge is -2.07. The van der Waals surface area contributed by atoms with Gasteiger partial charge in [-0.3, -0.25) is 4.79 Å². The molecule has 0 aliphatic heterocycles. The maximum atomic E-state index is 12.4. The molecule has 0 saturated carbocycles. The van der Waals surface area contributed by atoms with Crippen molar-refractivity contribution in [3.05, 3.63) is 82.1 Å². The van der Waals surface area contributed by atoms with E-state index in [4.69, 9.17) is 16.3 Å². The summed E-state index contributed by atoms with van der Waals surface area (Å²) in [6.07, 6.45) is 0. The number of aromatic nitrogens is 2. The highest BCUT2D eigenvalue weighted by Gasteiger charge is 2.22. The van der Waals surface area contributed by atoms with Gasteiger partial charge in [0.15, 0.2) is 6.61 Å². The van der Waals surface area contributed by atoms with Crippen LogP contribution in [0, 0.1) is 13.8 Å². The molecule has 1 aromatic heterocycles. The zero-order valence-corrected chi connectivity index (χ0v) is 16.4. The normalized spacial score (nSPS) is 10.5. The third-order valence-corrected chi connectivity index (χ3v) is 4.46. The van der Waals surface area contributed by atoms with Gasteiger partial charge in [-0.25, -0.2) is 9.48 Å². The number of ether oxygens (including phenoxy) is 1. The van der Waals surface area contributed by atoms with Gasteiger partial charge < -0.3 is 10.1 Å². The van der Waals surface area contributed by atoms with Gasteiger partial charge in [0, 0.05) is 5.69 Å². The Bertz CT molecular complexity index is 999. The average molecular weight is 398 g/mol. The predicted octanol–water partition coefficient (Wildman–Crippen LogP) is 4.00. The molecule has 3 aromatic rings. The van der Waals surface area contributed by atoms with Crippen LogP contribution in [-0.2, 0) is 16.1 Å². The Labute approximate surface area is 168 Å². The van der Waals surface area contributed by atoms with Crippen LogP contribution < -0.4 is 5.32 Å². The molecule has 144 valence electrons. The molecular formula is C21H20ClN3O3. The molecule has 0 radical (unpaired) electrons. The number of hydrogen-bond acceptors (Lipinski definition) is 4. The fourth-order valence-corrected chi connectivity index (χ4v) is 3.08. The third-order valence-electron chi connectivity index (χ3n) is 4.08. The van der Waals surface area contributed by atoms with Crippen LogP contribution in [-0.4, -0.2) is 28.3 Å². The molecule has 0 saturated heterocycles. The summed E-state index contributed by atoms with van der Waals surface area (Å²) >= 11 is 6.34. The molecule has 28 heavy (non-hydrogen) atoms. The van der Waals surface area contributed by atoms with E-state index in [0.29, 0.717) is 17.9 Å². The molecule has 7 heteroatoms. The Morgan fingerprint density at radius 2 is 1.86 bits per heavy atom. The summed E-state index contributed by atoms with van der Waals surface area (Å²) in [6.45, 7) is 3.62. The SMILES string of the molecule is Cc1cccc(NC(=O)COC(=O)c2c(C)nn(Cc3ccccc3)c2Cl)c1. The minimum atomic E-state index is -0.679. The van der Waals surface area contributed by atoms with E-state index < -0.39 is 18.5 Å². The number of nitrogens with zero attached hydrogens (tertiary/aromatic N) is 2. The van der Waals surface area contributed by atoms with E-state index in [-0.39, 0.29) is 10.7 Å². The van der Waals surface area contributed by atoms with E-state index in [1.807, 2.05) is 55.5 Å². The van der Waals surface area contributed by atoms with Gasteiger partial charge in [0.1, 0.15) is 10.7 Å². The van der Waals surface area contributed by atoms with E-state index in [0.717, 1.165) is 11.1 Å². The van der Waals surface area contributed by atoms with E-state index in [1.54, 1.807) is 13.0 Å². The molecule has 0 aliphatic rings. The topological polar surface area (TPSA) is 73.2 Å². The van der Waals surface area contributed by atoms with Crippen molar-refractivity contribution in [2.75, 3.05) is 11.9 Å². The van der Waals surface area contributed by atoms with Crippen LogP contribution in [0.2, 0.25) is 5.15 Å². The average Bonchev–Trinajstić information content (AvgIpc) is 2.94. The highest BCUT2D eigenvalue weighted by Crippen LogP contribution is 2.22. The number of carbonyl (C=O) groups is 2. The molecule has 3 rings (SSSR count). The molecule has 0 aliphatic carbocycles. The summed E-state index contributed by atoms with van der Waals surface area (Å²) in [7, 11) is 0. The van der Waals surface area contributed by atoms with Crippen molar-refractivity contribution >= 4 is 29.2 Å². The van der Waals surface area contributed by atoms with E-state index in [9.17, 15) is 9.59 Å². The Hall–Kier alpha value is -3.12. The van der Waals surface area contributed by atoms with Crippen LogP contribution in [0.3, 0.4) is 0 Å². The number of hydrogen-bond donors (Lipinski definition) is 1. The minimum absolute atomic E-state index is 0.168. The molecule has 0 unspecified atom stereocenters. The Balaban J connectivity index is 1.63. The maximum absolute atomic E-state index is 12.4. The van der Waals surface area contributed by atoms with Crippen molar-refractivity contribution < 1.29 is 14.3 Å². The lowest BCUT2D eigenvalue weighted by Crippen LogP contribution is -2.21. The van der Waals surface area contributed by atoms with Crippen LogP contribution in [0.5, 0.6) is 0 Å². The van der Waals surface area contributed by atoms with Crippen molar-refractivity contribution in [2.45, 2.75) is 20.4 Å². The molecule has 1 amide bonds. The number of nitrogens with one attached hydrogen (secondary N) is 1.